The number of methoxy groups -OCH3 is 1. The van der Waals surface area contributed by atoms with E-state index in [9.17, 15) is 9.90 Å². The zero-order valence-corrected chi connectivity index (χ0v) is 25.2. The van der Waals surface area contributed by atoms with E-state index >= 15 is 0 Å². The van der Waals surface area contributed by atoms with Crippen molar-refractivity contribution in [1.29, 1.82) is 0 Å². The molecular weight excluding hydrogens is 498 g/mol. The zero-order valence-electron chi connectivity index (χ0n) is 25.2. The van der Waals surface area contributed by atoms with Gasteiger partial charge in [0.05, 0.1) is 7.11 Å². The van der Waals surface area contributed by atoms with Gasteiger partial charge in [0.1, 0.15) is 22.8 Å². The number of rotatable bonds is 13. The van der Waals surface area contributed by atoms with E-state index in [4.69, 9.17) is 9.47 Å². The van der Waals surface area contributed by atoms with Crippen molar-refractivity contribution in [2.24, 2.45) is 0 Å². The highest BCUT2D eigenvalue weighted by Crippen LogP contribution is 2.39. The molecule has 3 rings (SSSR count). The summed E-state index contributed by atoms with van der Waals surface area (Å²) in [6.07, 6.45) is 14.5. The number of benzene rings is 2. The molecule has 0 spiro atoms. The molecular formula is C35H47NO4. The summed E-state index contributed by atoms with van der Waals surface area (Å²) in [7, 11) is 1.64. The van der Waals surface area contributed by atoms with Gasteiger partial charge in [-0.05, 0) is 127 Å². The van der Waals surface area contributed by atoms with Gasteiger partial charge in [-0.3, -0.25) is 4.79 Å². The number of aromatic hydroxyl groups is 1. The van der Waals surface area contributed by atoms with Crippen LogP contribution in [0.15, 0.2) is 71.3 Å². The smallest absolute Gasteiger partial charge is 0.246 e. The van der Waals surface area contributed by atoms with Crippen molar-refractivity contribution >= 4 is 5.91 Å². The lowest BCUT2D eigenvalue weighted by Gasteiger charge is -2.36. The van der Waals surface area contributed by atoms with E-state index in [0.29, 0.717) is 12.3 Å². The lowest BCUT2D eigenvalue weighted by Crippen LogP contribution is -2.36. The summed E-state index contributed by atoms with van der Waals surface area (Å²) >= 11 is 0. The monoisotopic (exact) mass is 545 g/mol. The Morgan fingerprint density at radius 3 is 2.35 bits per heavy atom. The number of allylic oxidation sites excluding steroid dienone is 5. The Hall–Kier alpha value is -3.47. The maximum Gasteiger partial charge on any atom is 0.246 e. The van der Waals surface area contributed by atoms with Crippen molar-refractivity contribution < 1.29 is 19.4 Å². The molecule has 2 aromatic rings. The number of carbonyl (C=O) groups excluding carboxylic acids is 1. The van der Waals surface area contributed by atoms with Gasteiger partial charge >= 0.3 is 0 Å². The highest BCUT2D eigenvalue weighted by atomic mass is 16.5. The number of hydrogen-bond donors (Lipinski definition) is 2. The molecule has 1 amide bonds. The van der Waals surface area contributed by atoms with E-state index in [2.05, 4.69) is 38.2 Å². The fourth-order valence-corrected chi connectivity index (χ4v) is 5.08. The fourth-order valence-electron chi connectivity index (χ4n) is 5.08. The average Bonchev–Trinajstić information content (AvgIpc) is 2.92. The van der Waals surface area contributed by atoms with Gasteiger partial charge in [-0.25, -0.2) is 0 Å². The fraction of sp³-hybridized carbons (Fsp3) is 0.457. The molecule has 0 fully saturated rings. The van der Waals surface area contributed by atoms with Gasteiger partial charge in [-0.2, -0.15) is 0 Å². The van der Waals surface area contributed by atoms with Gasteiger partial charge in [-0.1, -0.05) is 41.5 Å². The van der Waals surface area contributed by atoms with Crippen LogP contribution < -0.4 is 14.8 Å². The minimum Gasteiger partial charge on any atom is -0.508 e. The van der Waals surface area contributed by atoms with Crippen LogP contribution in [0.4, 0.5) is 0 Å². The van der Waals surface area contributed by atoms with Crippen LogP contribution in [0.2, 0.25) is 0 Å². The minimum atomic E-state index is -0.166. The summed E-state index contributed by atoms with van der Waals surface area (Å²) in [5.74, 6) is 2.06. The van der Waals surface area contributed by atoms with Gasteiger partial charge in [0, 0.05) is 12.1 Å². The van der Waals surface area contributed by atoms with Crippen LogP contribution in [-0.4, -0.2) is 23.7 Å². The standard InChI is InChI=1S/C35H47NO4/c1-25(12-8-14-27(3)34(38)36-24-29-15-17-32(39-6)18-16-29)10-7-11-26(2)13-9-20-35(5)21-19-30-23-31(37)22-28(4)33(30)40-35/h10,13-18,22-23,37H,7-9,11-12,19-21,24H2,1-6H3,(H,36,38)/b25-10+,26-13+,27-14+/t35-/m1/s1. The second-order valence-electron chi connectivity index (χ2n) is 11.4. The molecule has 0 aromatic heterocycles. The third kappa shape index (κ3) is 9.62. The summed E-state index contributed by atoms with van der Waals surface area (Å²) in [6.45, 7) is 11.0. The average molecular weight is 546 g/mol. The van der Waals surface area contributed by atoms with E-state index in [1.54, 1.807) is 13.2 Å². The Labute approximate surface area is 241 Å². The summed E-state index contributed by atoms with van der Waals surface area (Å²) in [4.78, 5) is 12.4. The highest BCUT2D eigenvalue weighted by molar-refractivity contribution is 5.92. The number of phenolic OH excluding ortho intramolecular Hbond substituents is 1. The molecule has 1 atom stereocenters. The first-order chi connectivity index (χ1) is 19.1. The minimum absolute atomic E-state index is 0.0238. The highest BCUT2D eigenvalue weighted by Gasteiger charge is 2.32. The van der Waals surface area contributed by atoms with Gasteiger partial charge in [0.25, 0.3) is 0 Å². The molecule has 5 nitrogen and oxygen atoms in total. The number of hydrogen-bond acceptors (Lipinski definition) is 4. The molecule has 0 saturated carbocycles. The second-order valence-corrected chi connectivity index (χ2v) is 11.4. The Balaban J connectivity index is 1.35. The molecule has 1 aliphatic rings. The van der Waals surface area contributed by atoms with Crippen molar-refractivity contribution in [1.82, 2.24) is 5.32 Å². The van der Waals surface area contributed by atoms with E-state index < -0.39 is 0 Å². The molecule has 0 radical (unpaired) electrons. The third-order valence-electron chi connectivity index (χ3n) is 7.76. The van der Waals surface area contributed by atoms with Crippen LogP contribution in [0.5, 0.6) is 17.2 Å². The van der Waals surface area contributed by atoms with Crippen LogP contribution in [0.3, 0.4) is 0 Å². The molecule has 40 heavy (non-hydrogen) atoms. The van der Waals surface area contributed by atoms with Crippen molar-refractivity contribution in [3.63, 3.8) is 0 Å². The molecule has 0 bridgehead atoms. The van der Waals surface area contributed by atoms with Gasteiger partial charge < -0.3 is 19.9 Å². The normalized spacial score (nSPS) is 17.7. The Kier molecular flexibility index (Phi) is 11.5. The topological polar surface area (TPSA) is 67.8 Å². The van der Waals surface area contributed by atoms with Crippen LogP contribution in [-0.2, 0) is 17.8 Å². The number of aryl methyl sites for hydroxylation is 2. The summed E-state index contributed by atoms with van der Waals surface area (Å²) in [6, 6.07) is 11.3. The van der Waals surface area contributed by atoms with Crippen molar-refractivity contribution in [2.75, 3.05) is 7.11 Å². The molecule has 2 aromatic carbocycles. The van der Waals surface area contributed by atoms with E-state index in [-0.39, 0.29) is 11.5 Å². The second kappa shape index (κ2) is 14.8. The quantitative estimate of drug-likeness (QED) is 0.196. The number of phenols is 1. The first-order valence-electron chi connectivity index (χ1n) is 14.5. The SMILES string of the molecule is COc1ccc(CNC(=O)/C(C)=C/CC/C(C)=C/CC/C(C)=C/CC[C@]2(C)CCc3cc(O)cc(C)c3O2)cc1. The Morgan fingerprint density at radius 2 is 1.68 bits per heavy atom. The maximum absolute atomic E-state index is 12.4. The van der Waals surface area contributed by atoms with Crippen molar-refractivity contribution in [3.05, 3.63) is 88.0 Å². The first kappa shape index (κ1) is 31.1. The predicted octanol–water partition coefficient (Wildman–Crippen LogP) is 8.29. The van der Waals surface area contributed by atoms with Crippen molar-refractivity contribution in [2.45, 2.75) is 98.1 Å². The van der Waals surface area contributed by atoms with Crippen molar-refractivity contribution in [3.8, 4) is 17.2 Å². The number of ether oxygens (including phenoxy) is 2. The Bertz CT molecular complexity index is 1240. The summed E-state index contributed by atoms with van der Waals surface area (Å²) in [5.41, 5.74) is 6.53. The molecule has 0 saturated heterocycles. The lowest BCUT2D eigenvalue weighted by molar-refractivity contribution is -0.117. The van der Waals surface area contributed by atoms with Crippen LogP contribution >= 0.6 is 0 Å². The molecule has 0 unspecified atom stereocenters. The molecule has 216 valence electrons. The predicted molar refractivity (Wildman–Crippen MR) is 164 cm³/mol. The van der Waals surface area contributed by atoms with Crippen LogP contribution in [0.1, 0.15) is 89.3 Å². The zero-order chi connectivity index (χ0) is 29.1. The summed E-state index contributed by atoms with van der Waals surface area (Å²) in [5, 5.41) is 12.9. The number of carbonyl (C=O) groups is 1. The summed E-state index contributed by atoms with van der Waals surface area (Å²) < 4.78 is 11.6. The Morgan fingerprint density at radius 1 is 1.02 bits per heavy atom. The third-order valence-corrected chi connectivity index (χ3v) is 7.76. The van der Waals surface area contributed by atoms with Crippen LogP contribution in [0, 0.1) is 6.92 Å². The molecule has 1 heterocycles. The molecule has 1 aliphatic heterocycles. The maximum atomic E-state index is 12.4. The lowest BCUT2D eigenvalue weighted by atomic mass is 9.87. The molecule has 5 heteroatoms. The number of amides is 1. The van der Waals surface area contributed by atoms with E-state index in [1.165, 1.54) is 11.1 Å². The molecule has 0 aliphatic carbocycles. The largest absolute Gasteiger partial charge is 0.508 e. The van der Waals surface area contributed by atoms with Crippen LogP contribution in [0.25, 0.3) is 0 Å². The van der Waals surface area contributed by atoms with E-state index in [0.717, 1.165) is 85.1 Å². The number of nitrogens with one attached hydrogen (secondary N) is 1. The van der Waals surface area contributed by atoms with Gasteiger partial charge in [0.2, 0.25) is 5.91 Å². The van der Waals surface area contributed by atoms with Gasteiger partial charge in [-0.15, -0.1) is 0 Å². The van der Waals surface area contributed by atoms with Gasteiger partial charge in [0.15, 0.2) is 0 Å². The first-order valence-corrected chi connectivity index (χ1v) is 14.5. The number of fused-ring (bicyclic) bond motifs is 1. The van der Waals surface area contributed by atoms with E-state index in [1.807, 2.05) is 50.3 Å². The molecule has 2 N–H and O–H groups in total.